The van der Waals surface area contributed by atoms with Gasteiger partial charge in [0.05, 0.1) is 25.7 Å². The Labute approximate surface area is 167 Å². The molecule has 0 aliphatic rings. The summed E-state index contributed by atoms with van der Waals surface area (Å²) in [5.74, 6) is 1.86. The lowest BCUT2D eigenvalue weighted by Gasteiger charge is -2.25. The summed E-state index contributed by atoms with van der Waals surface area (Å²) in [4.78, 5) is 2.14. The third kappa shape index (κ3) is 5.37. The first-order valence-electron chi connectivity index (χ1n) is 8.93. The maximum absolute atomic E-state index is 12.7. The maximum Gasteiger partial charge on any atom is 0.240 e. The van der Waals surface area contributed by atoms with Crippen molar-refractivity contribution in [3.05, 3.63) is 48.0 Å². The number of hydrogen-bond acceptors (Lipinski definition) is 6. The Bertz CT molecular complexity index is 867. The van der Waals surface area contributed by atoms with Gasteiger partial charge >= 0.3 is 0 Å². The molecule has 0 amide bonds. The normalized spacial score (nSPS) is 12.6. The molecule has 0 saturated heterocycles. The summed E-state index contributed by atoms with van der Waals surface area (Å²) in [5, 5.41) is 0. The summed E-state index contributed by atoms with van der Waals surface area (Å²) < 4.78 is 44.0. The molecule has 2 aromatic rings. The van der Waals surface area contributed by atoms with E-state index in [2.05, 4.69) is 4.72 Å². The van der Waals surface area contributed by atoms with E-state index in [1.807, 2.05) is 44.1 Å². The topological polar surface area (TPSA) is 77.1 Å². The highest BCUT2D eigenvalue weighted by Gasteiger charge is 2.21. The molecule has 0 fully saturated rings. The lowest BCUT2D eigenvalue weighted by atomic mass is 10.1. The third-order valence-corrected chi connectivity index (χ3v) is 5.77. The minimum atomic E-state index is -3.65. The first-order valence-corrected chi connectivity index (χ1v) is 10.4. The van der Waals surface area contributed by atoms with Crippen LogP contribution in [0.15, 0.2) is 47.4 Å². The third-order valence-electron chi connectivity index (χ3n) is 4.33. The Balaban J connectivity index is 2.18. The Morgan fingerprint density at radius 1 is 1.00 bits per heavy atom. The van der Waals surface area contributed by atoms with Gasteiger partial charge in [-0.1, -0.05) is 6.07 Å². The van der Waals surface area contributed by atoms with Gasteiger partial charge in [-0.2, -0.15) is 0 Å². The number of rotatable bonds is 10. The summed E-state index contributed by atoms with van der Waals surface area (Å²) in [6.45, 7) is 2.61. The number of nitrogens with zero attached hydrogens (tertiary/aromatic N) is 1. The van der Waals surface area contributed by atoms with Gasteiger partial charge in [0.2, 0.25) is 10.0 Å². The Hall–Kier alpha value is -2.29. The van der Waals surface area contributed by atoms with E-state index >= 15 is 0 Å². The molecule has 0 radical (unpaired) electrons. The highest BCUT2D eigenvalue weighted by molar-refractivity contribution is 7.89. The summed E-state index contributed by atoms with van der Waals surface area (Å²) in [7, 11) is 3.29. The summed E-state index contributed by atoms with van der Waals surface area (Å²) >= 11 is 0. The molecule has 2 aromatic carbocycles. The number of benzene rings is 2. The first kappa shape index (κ1) is 22.0. The van der Waals surface area contributed by atoms with Gasteiger partial charge in [0.1, 0.15) is 5.75 Å². The molecule has 1 N–H and O–H groups in total. The van der Waals surface area contributed by atoms with Gasteiger partial charge in [0, 0.05) is 12.6 Å². The molecular formula is C20H28N2O5S. The molecule has 7 nitrogen and oxygen atoms in total. The van der Waals surface area contributed by atoms with Crippen LogP contribution in [0.2, 0.25) is 0 Å². The zero-order valence-electron chi connectivity index (χ0n) is 16.9. The van der Waals surface area contributed by atoms with Gasteiger partial charge in [0.15, 0.2) is 11.5 Å². The fourth-order valence-corrected chi connectivity index (χ4v) is 3.85. The number of sulfonamides is 1. The van der Waals surface area contributed by atoms with E-state index < -0.39 is 10.0 Å². The van der Waals surface area contributed by atoms with Crippen LogP contribution in [0.1, 0.15) is 18.5 Å². The van der Waals surface area contributed by atoms with Crippen LogP contribution >= 0.6 is 0 Å². The Kier molecular flexibility index (Phi) is 7.68. The fraction of sp³-hybridized carbons (Fsp3) is 0.400. The molecule has 8 heteroatoms. The van der Waals surface area contributed by atoms with Gasteiger partial charge < -0.3 is 19.1 Å². The molecule has 1 atom stereocenters. The highest BCUT2D eigenvalue weighted by atomic mass is 32.2. The number of methoxy groups -OCH3 is 2. The molecule has 0 unspecified atom stereocenters. The SMILES string of the molecule is CCOc1ccc(S(=O)(=O)NC[C@@H](c2ccc(OC)c(OC)c2)N(C)C)cc1. The van der Waals surface area contributed by atoms with Gasteiger partial charge in [-0.05, 0) is 63.0 Å². The molecule has 28 heavy (non-hydrogen) atoms. The van der Waals surface area contributed by atoms with Crippen molar-refractivity contribution in [3.63, 3.8) is 0 Å². The molecule has 2 rings (SSSR count). The minimum Gasteiger partial charge on any atom is -0.494 e. The van der Waals surface area contributed by atoms with Crippen LogP contribution in [-0.2, 0) is 10.0 Å². The average Bonchev–Trinajstić information content (AvgIpc) is 2.68. The minimum absolute atomic E-state index is 0.183. The van der Waals surface area contributed by atoms with Gasteiger partial charge in [-0.3, -0.25) is 0 Å². The van der Waals surface area contributed by atoms with Crippen molar-refractivity contribution >= 4 is 10.0 Å². The molecule has 0 heterocycles. The van der Waals surface area contributed by atoms with Crippen LogP contribution in [0.3, 0.4) is 0 Å². The monoisotopic (exact) mass is 408 g/mol. The van der Waals surface area contributed by atoms with E-state index in [-0.39, 0.29) is 17.5 Å². The molecule has 0 spiro atoms. The van der Waals surface area contributed by atoms with Gasteiger partial charge in [-0.15, -0.1) is 0 Å². The van der Waals surface area contributed by atoms with Gasteiger partial charge in [-0.25, -0.2) is 13.1 Å². The van der Waals surface area contributed by atoms with Crippen LogP contribution < -0.4 is 18.9 Å². The molecule has 154 valence electrons. The molecule has 0 saturated carbocycles. The van der Waals surface area contributed by atoms with Crippen molar-refractivity contribution in [1.29, 1.82) is 0 Å². The summed E-state index contributed by atoms with van der Waals surface area (Å²) in [6.07, 6.45) is 0. The second-order valence-corrected chi connectivity index (χ2v) is 8.12. The van der Waals surface area contributed by atoms with Crippen molar-refractivity contribution in [2.24, 2.45) is 0 Å². The number of likely N-dealkylation sites (N-methyl/N-ethyl adjacent to an activating group) is 1. The van der Waals surface area contributed by atoms with Crippen LogP contribution in [0.5, 0.6) is 17.2 Å². The average molecular weight is 409 g/mol. The fourth-order valence-electron chi connectivity index (χ4n) is 2.81. The van der Waals surface area contributed by atoms with E-state index in [1.165, 1.54) is 12.1 Å². The number of hydrogen-bond donors (Lipinski definition) is 1. The molecule has 0 aromatic heterocycles. The summed E-state index contributed by atoms with van der Waals surface area (Å²) in [6, 6.07) is 11.8. The predicted molar refractivity (Wildman–Crippen MR) is 109 cm³/mol. The van der Waals surface area contributed by atoms with Crippen molar-refractivity contribution in [3.8, 4) is 17.2 Å². The second-order valence-electron chi connectivity index (χ2n) is 6.35. The first-order chi connectivity index (χ1) is 13.3. The van der Waals surface area contributed by atoms with Crippen LogP contribution in [-0.4, -0.2) is 54.8 Å². The van der Waals surface area contributed by atoms with Crippen LogP contribution in [0, 0.1) is 0 Å². The number of nitrogens with one attached hydrogen (secondary N) is 1. The molecule has 0 aliphatic carbocycles. The largest absolute Gasteiger partial charge is 0.494 e. The maximum atomic E-state index is 12.7. The van der Waals surface area contributed by atoms with E-state index in [4.69, 9.17) is 14.2 Å². The van der Waals surface area contributed by atoms with E-state index in [1.54, 1.807) is 26.4 Å². The standard InChI is InChI=1S/C20H28N2O5S/c1-6-27-16-8-10-17(11-9-16)28(23,24)21-14-18(22(2)3)15-7-12-19(25-4)20(13-15)26-5/h7-13,18,21H,6,14H2,1-5H3/t18-/m0/s1. The van der Waals surface area contributed by atoms with Crippen molar-refractivity contribution in [2.75, 3.05) is 41.5 Å². The number of ether oxygens (including phenoxy) is 3. The smallest absolute Gasteiger partial charge is 0.240 e. The molecule has 0 bridgehead atoms. The zero-order chi connectivity index (χ0) is 20.7. The van der Waals surface area contributed by atoms with Crippen molar-refractivity contribution in [1.82, 2.24) is 9.62 Å². The van der Waals surface area contributed by atoms with Crippen LogP contribution in [0.25, 0.3) is 0 Å². The lowest BCUT2D eigenvalue weighted by molar-refractivity contribution is 0.297. The zero-order valence-corrected chi connectivity index (χ0v) is 17.7. The summed E-state index contributed by atoms with van der Waals surface area (Å²) in [5.41, 5.74) is 0.914. The molecular weight excluding hydrogens is 380 g/mol. The van der Waals surface area contributed by atoms with E-state index in [0.29, 0.717) is 23.9 Å². The predicted octanol–water partition coefficient (Wildman–Crippen LogP) is 2.68. The quantitative estimate of drug-likeness (QED) is 0.651. The second kappa shape index (κ2) is 9.77. The Morgan fingerprint density at radius 2 is 1.64 bits per heavy atom. The van der Waals surface area contributed by atoms with E-state index in [9.17, 15) is 8.42 Å². The molecule has 0 aliphatic heterocycles. The highest BCUT2D eigenvalue weighted by Crippen LogP contribution is 2.31. The van der Waals surface area contributed by atoms with Gasteiger partial charge in [0.25, 0.3) is 0 Å². The van der Waals surface area contributed by atoms with Crippen molar-refractivity contribution in [2.45, 2.75) is 17.9 Å². The lowest BCUT2D eigenvalue weighted by Crippen LogP contribution is -2.34. The van der Waals surface area contributed by atoms with Crippen LogP contribution in [0.4, 0.5) is 0 Å². The van der Waals surface area contributed by atoms with E-state index in [0.717, 1.165) is 5.56 Å². The Morgan fingerprint density at radius 3 is 2.18 bits per heavy atom. The van der Waals surface area contributed by atoms with Crippen molar-refractivity contribution < 1.29 is 22.6 Å².